The number of nitrogens with one attached hydrogen (secondary N) is 1. The van der Waals surface area contributed by atoms with Crippen LogP contribution in [0.25, 0.3) is 0 Å². The summed E-state index contributed by atoms with van der Waals surface area (Å²) in [6, 6.07) is 5.27. The number of aryl methyl sites for hydroxylation is 1. The molecule has 0 spiro atoms. The Hall–Kier alpha value is -1.03. The fraction of sp³-hybridized carbons (Fsp3) is 0.333. The van der Waals surface area contributed by atoms with E-state index in [2.05, 4.69) is 5.32 Å². The highest BCUT2D eigenvalue weighted by molar-refractivity contribution is 7.52. The summed E-state index contributed by atoms with van der Waals surface area (Å²) in [5.74, 6) is -0.942. The largest absolute Gasteiger partial charge is 0.397 e. The van der Waals surface area contributed by atoms with Crippen LogP contribution in [-0.2, 0) is 4.57 Å². The van der Waals surface area contributed by atoms with E-state index in [1.54, 1.807) is 12.1 Å². The van der Waals surface area contributed by atoms with Gasteiger partial charge in [-0.25, -0.2) is 0 Å². The maximum atomic E-state index is 10.9. The van der Waals surface area contributed by atoms with Gasteiger partial charge in [0, 0.05) is 0 Å². The summed E-state index contributed by atoms with van der Waals surface area (Å²) in [6.07, 6.45) is 0. The molecule has 0 amide bonds. The second kappa shape index (κ2) is 4.23. The van der Waals surface area contributed by atoms with Crippen LogP contribution in [0, 0.1) is 6.92 Å². The van der Waals surface area contributed by atoms with E-state index in [1.165, 1.54) is 6.92 Å². The Morgan fingerprint density at radius 1 is 1.47 bits per heavy atom. The lowest BCUT2D eigenvalue weighted by Crippen LogP contribution is -2.16. The Balaban J connectivity index is 2.86. The summed E-state index contributed by atoms with van der Waals surface area (Å²) in [6.45, 7) is 3.31. The molecule has 5 nitrogen and oxygen atoms in total. The smallest absolute Gasteiger partial charge is 0.347 e. The van der Waals surface area contributed by atoms with Crippen molar-refractivity contribution in [1.29, 1.82) is 0 Å². The minimum atomic E-state index is -4.12. The van der Waals surface area contributed by atoms with E-state index >= 15 is 0 Å². The van der Waals surface area contributed by atoms with Gasteiger partial charge in [-0.1, -0.05) is 6.07 Å². The molecule has 1 aromatic rings. The molecule has 1 aromatic carbocycles. The molecule has 1 atom stereocenters. The third-order valence-electron chi connectivity index (χ3n) is 2.08. The number of benzene rings is 1. The summed E-state index contributed by atoms with van der Waals surface area (Å²) in [5, 5.41) is 2.69. The summed E-state index contributed by atoms with van der Waals surface area (Å²) in [7, 11) is -4.12. The van der Waals surface area contributed by atoms with Crippen LogP contribution in [-0.4, -0.2) is 15.6 Å². The van der Waals surface area contributed by atoms with Crippen LogP contribution in [0.5, 0.6) is 0 Å². The molecular formula is C9H15N2O3P. The lowest BCUT2D eigenvalue weighted by molar-refractivity contribution is 0.364. The predicted molar refractivity (Wildman–Crippen MR) is 60.7 cm³/mol. The van der Waals surface area contributed by atoms with Crippen LogP contribution in [0.1, 0.15) is 12.5 Å². The maximum Gasteiger partial charge on any atom is 0.347 e. The van der Waals surface area contributed by atoms with Crippen LogP contribution >= 0.6 is 7.60 Å². The second-order valence-electron chi connectivity index (χ2n) is 3.50. The molecule has 0 heterocycles. The van der Waals surface area contributed by atoms with Crippen LogP contribution in [0.4, 0.5) is 11.4 Å². The monoisotopic (exact) mass is 230 g/mol. The molecule has 0 radical (unpaired) electrons. The van der Waals surface area contributed by atoms with Crippen LogP contribution in [0.15, 0.2) is 18.2 Å². The molecule has 1 rings (SSSR count). The van der Waals surface area contributed by atoms with Gasteiger partial charge in [-0.15, -0.1) is 0 Å². The summed E-state index contributed by atoms with van der Waals surface area (Å²) in [4.78, 5) is 17.8. The third kappa shape index (κ3) is 3.23. The number of hydrogen-bond acceptors (Lipinski definition) is 3. The van der Waals surface area contributed by atoms with Gasteiger partial charge in [0.25, 0.3) is 0 Å². The van der Waals surface area contributed by atoms with Crippen molar-refractivity contribution < 1.29 is 14.4 Å². The summed E-state index contributed by atoms with van der Waals surface area (Å²) >= 11 is 0. The molecule has 5 N–H and O–H groups in total. The van der Waals surface area contributed by atoms with Gasteiger partial charge in [0.15, 0.2) is 0 Å². The number of hydrogen-bond donors (Lipinski definition) is 4. The normalized spacial score (nSPS) is 13.6. The first kappa shape index (κ1) is 12.0. The first-order valence-corrected chi connectivity index (χ1v) is 6.17. The number of nitrogens with two attached hydrogens (primary N) is 1. The van der Waals surface area contributed by atoms with Crippen molar-refractivity contribution in [2.45, 2.75) is 19.6 Å². The van der Waals surface area contributed by atoms with E-state index in [-0.39, 0.29) is 0 Å². The van der Waals surface area contributed by atoms with Crippen molar-refractivity contribution in [1.82, 2.24) is 0 Å². The average molecular weight is 230 g/mol. The van der Waals surface area contributed by atoms with E-state index < -0.39 is 13.4 Å². The minimum Gasteiger partial charge on any atom is -0.397 e. The topological polar surface area (TPSA) is 95.6 Å². The maximum absolute atomic E-state index is 10.9. The Bertz CT molecular complexity index is 402. The van der Waals surface area contributed by atoms with E-state index in [0.29, 0.717) is 11.4 Å². The summed E-state index contributed by atoms with van der Waals surface area (Å²) < 4.78 is 10.9. The van der Waals surface area contributed by atoms with Gasteiger partial charge in [-0.05, 0) is 31.5 Å². The van der Waals surface area contributed by atoms with Crippen molar-refractivity contribution in [2.24, 2.45) is 0 Å². The predicted octanol–water partition coefficient (Wildman–Crippen LogP) is 1.51. The molecule has 0 fully saturated rings. The molecule has 1 unspecified atom stereocenters. The number of rotatable bonds is 3. The molecule has 84 valence electrons. The van der Waals surface area contributed by atoms with E-state index in [0.717, 1.165) is 5.56 Å². The van der Waals surface area contributed by atoms with Crippen molar-refractivity contribution in [3.8, 4) is 0 Å². The van der Waals surface area contributed by atoms with Crippen molar-refractivity contribution >= 4 is 19.0 Å². The number of anilines is 2. The molecule has 6 heteroatoms. The molecule has 0 aliphatic rings. The molecule has 0 saturated heterocycles. The van der Waals surface area contributed by atoms with E-state index in [1.807, 2.05) is 13.0 Å². The lowest BCUT2D eigenvalue weighted by Gasteiger charge is -2.17. The van der Waals surface area contributed by atoms with Gasteiger partial charge in [0.05, 0.1) is 11.4 Å². The van der Waals surface area contributed by atoms with Crippen LogP contribution in [0.3, 0.4) is 0 Å². The second-order valence-corrected chi connectivity index (χ2v) is 5.45. The third-order valence-corrected chi connectivity index (χ3v) is 3.21. The van der Waals surface area contributed by atoms with Gasteiger partial charge >= 0.3 is 7.60 Å². The van der Waals surface area contributed by atoms with Crippen LogP contribution < -0.4 is 11.1 Å². The Kier molecular flexibility index (Phi) is 3.39. The first-order valence-electron chi connectivity index (χ1n) is 4.48. The highest BCUT2D eigenvalue weighted by Crippen LogP contribution is 2.41. The van der Waals surface area contributed by atoms with Gasteiger partial charge in [0.1, 0.15) is 5.78 Å². The van der Waals surface area contributed by atoms with Gasteiger partial charge < -0.3 is 20.8 Å². The Morgan fingerprint density at radius 2 is 2.07 bits per heavy atom. The SMILES string of the molecule is Cc1ccc(NC(C)P(=O)(O)O)c(N)c1. The molecule has 0 saturated carbocycles. The standard InChI is InChI=1S/C9H15N2O3P/c1-6-3-4-9(8(10)5-6)11-7(2)15(12,13)14/h3-5,7,11H,10H2,1-2H3,(H2,12,13,14). The fourth-order valence-electron chi connectivity index (χ4n) is 1.12. The fourth-order valence-corrected chi connectivity index (χ4v) is 1.43. The molecule has 0 aliphatic carbocycles. The molecule has 0 aliphatic heterocycles. The average Bonchev–Trinajstić information content (AvgIpc) is 2.08. The zero-order valence-electron chi connectivity index (χ0n) is 8.64. The Labute approximate surface area is 88.5 Å². The Morgan fingerprint density at radius 3 is 2.53 bits per heavy atom. The highest BCUT2D eigenvalue weighted by atomic mass is 31.2. The molecule has 15 heavy (non-hydrogen) atoms. The van der Waals surface area contributed by atoms with E-state index in [9.17, 15) is 4.57 Å². The van der Waals surface area contributed by atoms with Crippen molar-refractivity contribution in [2.75, 3.05) is 11.1 Å². The molecule has 0 bridgehead atoms. The quantitative estimate of drug-likeness (QED) is 0.466. The zero-order chi connectivity index (χ0) is 11.6. The minimum absolute atomic E-state index is 0.482. The van der Waals surface area contributed by atoms with E-state index in [4.69, 9.17) is 15.5 Å². The molecular weight excluding hydrogens is 215 g/mol. The summed E-state index contributed by atoms with van der Waals surface area (Å²) in [5.41, 5.74) is 7.72. The van der Waals surface area contributed by atoms with Crippen molar-refractivity contribution in [3.63, 3.8) is 0 Å². The van der Waals surface area contributed by atoms with Crippen molar-refractivity contribution in [3.05, 3.63) is 23.8 Å². The van der Waals surface area contributed by atoms with Gasteiger partial charge in [-0.3, -0.25) is 4.57 Å². The van der Waals surface area contributed by atoms with Gasteiger partial charge in [0.2, 0.25) is 0 Å². The van der Waals surface area contributed by atoms with Crippen LogP contribution in [0.2, 0.25) is 0 Å². The lowest BCUT2D eigenvalue weighted by atomic mass is 10.2. The molecule has 0 aromatic heterocycles. The van der Waals surface area contributed by atoms with Gasteiger partial charge in [-0.2, -0.15) is 0 Å². The highest BCUT2D eigenvalue weighted by Gasteiger charge is 2.23. The number of nitrogen functional groups attached to an aromatic ring is 1. The zero-order valence-corrected chi connectivity index (χ0v) is 9.53. The first-order chi connectivity index (χ1) is 6.80.